The van der Waals surface area contributed by atoms with E-state index in [0.29, 0.717) is 19.3 Å². The van der Waals surface area contributed by atoms with Crippen molar-refractivity contribution in [2.75, 3.05) is 6.61 Å². The Balaban J connectivity index is 3.45. The predicted octanol–water partition coefficient (Wildman–Crippen LogP) is -0.258. The maximum absolute atomic E-state index is 9.54. The molecule has 0 heterocycles. The van der Waals surface area contributed by atoms with Crippen molar-refractivity contribution in [2.24, 2.45) is 0 Å². The van der Waals surface area contributed by atoms with Crippen molar-refractivity contribution >= 4 is 0 Å². The topological polar surface area (TPSA) is 101 Å². The summed E-state index contributed by atoms with van der Waals surface area (Å²) in [6, 6.07) is 0. The summed E-state index contributed by atoms with van der Waals surface area (Å²) in [7, 11) is 0. The molecule has 98 valence electrons. The summed E-state index contributed by atoms with van der Waals surface area (Å²) < 4.78 is 0. The van der Waals surface area contributed by atoms with Crippen LogP contribution in [0.3, 0.4) is 0 Å². The lowest BCUT2D eigenvalue weighted by Gasteiger charge is -2.17. The highest BCUT2D eigenvalue weighted by atomic mass is 16.5. The highest BCUT2D eigenvalue weighted by Gasteiger charge is 2.15. The quantitative estimate of drug-likeness (QED) is 0.266. The van der Waals surface area contributed by atoms with Gasteiger partial charge in [0.05, 0.1) is 12.2 Å². The SMILES string of the molecule is OCCCCCC(O)C(O)CCCC(O)O. The highest BCUT2D eigenvalue weighted by Crippen LogP contribution is 2.12. The van der Waals surface area contributed by atoms with Gasteiger partial charge in [-0.05, 0) is 32.1 Å². The zero-order valence-corrected chi connectivity index (χ0v) is 9.62. The fourth-order valence-corrected chi connectivity index (χ4v) is 1.54. The van der Waals surface area contributed by atoms with Gasteiger partial charge >= 0.3 is 0 Å². The van der Waals surface area contributed by atoms with E-state index in [1.807, 2.05) is 0 Å². The van der Waals surface area contributed by atoms with Crippen LogP contribution >= 0.6 is 0 Å². The van der Waals surface area contributed by atoms with Gasteiger partial charge in [0.2, 0.25) is 0 Å². The van der Waals surface area contributed by atoms with E-state index in [1.165, 1.54) is 0 Å². The van der Waals surface area contributed by atoms with Crippen LogP contribution in [0.5, 0.6) is 0 Å². The first-order chi connectivity index (χ1) is 7.57. The fraction of sp³-hybridized carbons (Fsp3) is 1.00. The molecule has 0 fully saturated rings. The predicted molar refractivity (Wildman–Crippen MR) is 59.6 cm³/mol. The van der Waals surface area contributed by atoms with E-state index in [2.05, 4.69) is 0 Å². The second kappa shape index (κ2) is 9.99. The summed E-state index contributed by atoms with van der Waals surface area (Å²) in [6.45, 7) is 0.160. The molecule has 5 heteroatoms. The second-order valence-corrected chi connectivity index (χ2v) is 4.12. The molecule has 0 saturated carbocycles. The number of aliphatic hydroxyl groups is 5. The van der Waals surface area contributed by atoms with Gasteiger partial charge in [0.15, 0.2) is 6.29 Å². The molecular weight excluding hydrogens is 212 g/mol. The molecule has 5 nitrogen and oxygen atoms in total. The maximum atomic E-state index is 9.54. The van der Waals surface area contributed by atoms with Crippen LogP contribution in [-0.2, 0) is 0 Å². The van der Waals surface area contributed by atoms with Gasteiger partial charge in [-0.2, -0.15) is 0 Å². The number of hydrogen-bond acceptors (Lipinski definition) is 5. The summed E-state index contributed by atoms with van der Waals surface area (Å²) in [5, 5.41) is 44.8. The minimum Gasteiger partial charge on any atom is -0.396 e. The first-order valence-electron chi connectivity index (χ1n) is 5.91. The summed E-state index contributed by atoms with van der Waals surface area (Å²) >= 11 is 0. The summed E-state index contributed by atoms with van der Waals surface area (Å²) in [5.41, 5.74) is 0. The van der Waals surface area contributed by atoms with Crippen molar-refractivity contribution in [2.45, 2.75) is 63.4 Å². The van der Waals surface area contributed by atoms with Crippen LogP contribution in [0, 0.1) is 0 Å². The van der Waals surface area contributed by atoms with Crippen molar-refractivity contribution in [1.82, 2.24) is 0 Å². The molecule has 16 heavy (non-hydrogen) atoms. The first kappa shape index (κ1) is 15.8. The van der Waals surface area contributed by atoms with Crippen molar-refractivity contribution in [3.63, 3.8) is 0 Å². The van der Waals surface area contributed by atoms with Gasteiger partial charge in [-0.15, -0.1) is 0 Å². The lowest BCUT2D eigenvalue weighted by Crippen LogP contribution is -2.26. The third-order valence-electron chi connectivity index (χ3n) is 2.56. The number of rotatable bonds is 10. The van der Waals surface area contributed by atoms with Crippen LogP contribution in [-0.4, -0.2) is 50.6 Å². The Labute approximate surface area is 96.4 Å². The minimum atomic E-state index is -1.34. The molecule has 0 aromatic rings. The van der Waals surface area contributed by atoms with Gasteiger partial charge in [-0.1, -0.05) is 12.8 Å². The molecule has 0 rings (SSSR count). The molecule has 0 aliphatic heterocycles. The van der Waals surface area contributed by atoms with E-state index in [-0.39, 0.29) is 13.0 Å². The Kier molecular flexibility index (Phi) is 9.86. The molecule has 0 aromatic heterocycles. The molecule has 0 saturated heterocycles. The lowest BCUT2D eigenvalue weighted by atomic mass is 10.0. The van der Waals surface area contributed by atoms with Crippen LogP contribution in [0.4, 0.5) is 0 Å². The fourth-order valence-electron chi connectivity index (χ4n) is 1.54. The smallest absolute Gasteiger partial charge is 0.151 e. The van der Waals surface area contributed by atoms with E-state index in [9.17, 15) is 10.2 Å². The molecule has 0 spiro atoms. The van der Waals surface area contributed by atoms with E-state index in [4.69, 9.17) is 15.3 Å². The Morgan fingerprint density at radius 1 is 0.625 bits per heavy atom. The van der Waals surface area contributed by atoms with E-state index in [1.54, 1.807) is 0 Å². The van der Waals surface area contributed by atoms with Gasteiger partial charge in [0.25, 0.3) is 0 Å². The largest absolute Gasteiger partial charge is 0.396 e. The van der Waals surface area contributed by atoms with Crippen molar-refractivity contribution in [3.05, 3.63) is 0 Å². The van der Waals surface area contributed by atoms with Crippen LogP contribution in [0.1, 0.15) is 44.9 Å². The number of unbranched alkanes of at least 4 members (excludes halogenated alkanes) is 2. The molecule has 0 aromatic carbocycles. The van der Waals surface area contributed by atoms with E-state index >= 15 is 0 Å². The maximum Gasteiger partial charge on any atom is 0.151 e. The summed E-state index contributed by atoms with van der Waals surface area (Å²) in [4.78, 5) is 0. The summed E-state index contributed by atoms with van der Waals surface area (Å²) in [6.07, 6.45) is 1.04. The third-order valence-corrected chi connectivity index (χ3v) is 2.56. The van der Waals surface area contributed by atoms with E-state index in [0.717, 1.165) is 19.3 Å². The number of hydrogen-bond donors (Lipinski definition) is 5. The average Bonchev–Trinajstić information content (AvgIpc) is 2.23. The van der Waals surface area contributed by atoms with Gasteiger partial charge in [-0.3, -0.25) is 0 Å². The molecule has 5 N–H and O–H groups in total. The molecule has 0 aliphatic rings. The van der Waals surface area contributed by atoms with Crippen LogP contribution in [0.25, 0.3) is 0 Å². The van der Waals surface area contributed by atoms with Crippen molar-refractivity contribution in [1.29, 1.82) is 0 Å². The zero-order chi connectivity index (χ0) is 12.4. The third kappa shape index (κ3) is 9.06. The van der Waals surface area contributed by atoms with Crippen molar-refractivity contribution in [3.8, 4) is 0 Å². The first-order valence-corrected chi connectivity index (χ1v) is 5.91. The van der Waals surface area contributed by atoms with Crippen LogP contribution < -0.4 is 0 Å². The monoisotopic (exact) mass is 236 g/mol. The minimum absolute atomic E-state index is 0.160. The van der Waals surface area contributed by atoms with Crippen LogP contribution in [0.15, 0.2) is 0 Å². The standard InChI is InChI=1S/C11H24O5/c12-8-3-1-2-5-9(13)10(14)6-4-7-11(15)16/h9-16H,1-8H2. The Bertz CT molecular complexity index is 151. The van der Waals surface area contributed by atoms with Crippen molar-refractivity contribution < 1.29 is 25.5 Å². The zero-order valence-electron chi connectivity index (χ0n) is 9.62. The molecule has 0 aliphatic carbocycles. The lowest BCUT2D eigenvalue weighted by molar-refractivity contribution is -0.0516. The molecular formula is C11H24O5. The Morgan fingerprint density at radius 2 is 1.19 bits per heavy atom. The molecule has 0 amide bonds. The van der Waals surface area contributed by atoms with Gasteiger partial charge < -0.3 is 25.5 Å². The number of aliphatic hydroxyl groups excluding tert-OH is 4. The molecule has 0 bridgehead atoms. The normalized spacial score (nSPS) is 15.4. The Morgan fingerprint density at radius 3 is 1.69 bits per heavy atom. The second-order valence-electron chi connectivity index (χ2n) is 4.12. The molecule has 0 radical (unpaired) electrons. The highest BCUT2D eigenvalue weighted by molar-refractivity contribution is 4.67. The average molecular weight is 236 g/mol. The molecule has 2 unspecified atom stereocenters. The van der Waals surface area contributed by atoms with Crippen LogP contribution in [0.2, 0.25) is 0 Å². The van der Waals surface area contributed by atoms with Gasteiger partial charge in [-0.25, -0.2) is 0 Å². The van der Waals surface area contributed by atoms with Gasteiger partial charge in [0.1, 0.15) is 0 Å². The molecule has 2 atom stereocenters. The van der Waals surface area contributed by atoms with E-state index < -0.39 is 18.5 Å². The Hall–Kier alpha value is -0.200. The van der Waals surface area contributed by atoms with Gasteiger partial charge in [0, 0.05) is 6.61 Å². The summed E-state index contributed by atoms with van der Waals surface area (Å²) in [5.74, 6) is 0.